The Kier molecular flexibility index (Phi) is 2.03. The summed E-state index contributed by atoms with van der Waals surface area (Å²) in [5.74, 6) is 0. The molecule has 0 saturated heterocycles. The number of benzene rings is 1. The number of nitrogens with zero attached hydrogens (tertiary/aromatic N) is 1. The molecule has 2 rings (SSSR count). The molecule has 1 atom stereocenters. The lowest BCUT2D eigenvalue weighted by Crippen LogP contribution is -2.26. The molecule has 1 aliphatic heterocycles. The van der Waals surface area contributed by atoms with Gasteiger partial charge in [0, 0.05) is 18.8 Å². The van der Waals surface area contributed by atoms with Gasteiger partial charge in [-0.1, -0.05) is 19.1 Å². The predicted octanol–water partition coefficient (Wildman–Crippen LogP) is 2.77. The molecule has 0 aliphatic carbocycles. The Bertz CT molecular complexity index is 317. The van der Waals surface area contributed by atoms with Crippen molar-refractivity contribution in [1.29, 1.82) is 0 Å². The van der Waals surface area contributed by atoms with Crippen molar-refractivity contribution < 1.29 is 0 Å². The van der Waals surface area contributed by atoms with Crippen molar-refractivity contribution in [3.05, 3.63) is 29.3 Å². The van der Waals surface area contributed by atoms with Crippen molar-refractivity contribution in [3.8, 4) is 0 Å². The van der Waals surface area contributed by atoms with Gasteiger partial charge in [-0.05, 0) is 37.0 Å². The summed E-state index contributed by atoms with van der Waals surface area (Å²) < 4.78 is 0. The van der Waals surface area contributed by atoms with Crippen LogP contribution in [0.1, 0.15) is 24.5 Å². The van der Waals surface area contributed by atoms with Gasteiger partial charge in [-0.25, -0.2) is 0 Å². The highest BCUT2D eigenvalue weighted by Gasteiger charge is 2.24. The van der Waals surface area contributed by atoms with Crippen LogP contribution >= 0.6 is 0 Å². The summed E-state index contributed by atoms with van der Waals surface area (Å²) in [6, 6.07) is 7.50. The topological polar surface area (TPSA) is 3.24 Å². The highest BCUT2D eigenvalue weighted by Crippen LogP contribution is 2.32. The fourth-order valence-electron chi connectivity index (χ4n) is 2.18. The van der Waals surface area contributed by atoms with Crippen molar-refractivity contribution in [2.75, 3.05) is 11.9 Å². The van der Waals surface area contributed by atoms with Crippen LogP contribution in [0.5, 0.6) is 0 Å². The first-order chi connectivity index (χ1) is 6.22. The maximum atomic E-state index is 2.42. The summed E-state index contributed by atoms with van der Waals surface area (Å²) in [7, 11) is 2.21. The Morgan fingerprint density at radius 2 is 2.23 bits per heavy atom. The van der Waals surface area contributed by atoms with E-state index in [-0.39, 0.29) is 0 Å². The van der Waals surface area contributed by atoms with Gasteiger partial charge < -0.3 is 4.90 Å². The minimum absolute atomic E-state index is 0.719. The molecule has 0 amide bonds. The van der Waals surface area contributed by atoms with Crippen LogP contribution in [0.25, 0.3) is 0 Å². The fraction of sp³-hybridized carbons (Fsp3) is 0.500. The number of fused-ring (bicyclic) bond motifs is 1. The summed E-state index contributed by atoms with van der Waals surface area (Å²) in [6.07, 6.45) is 2.47. The standard InChI is InChI=1S/C12H17N/c1-4-11-8-10-6-5-9(2)7-12(10)13(11)3/h5-7,11H,4,8H2,1-3H3. The van der Waals surface area contributed by atoms with E-state index in [2.05, 4.69) is 44.0 Å². The van der Waals surface area contributed by atoms with Gasteiger partial charge in [0.25, 0.3) is 0 Å². The van der Waals surface area contributed by atoms with Gasteiger partial charge in [-0.2, -0.15) is 0 Å². The number of aryl methyl sites for hydroxylation is 1. The first-order valence-electron chi connectivity index (χ1n) is 5.04. The summed E-state index contributed by atoms with van der Waals surface area (Å²) in [5, 5.41) is 0. The van der Waals surface area contributed by atoms with Gasteiger partial charge in [0.1, 0.15) is 0 Å². The number of hydrogen-bond acceptors (Lipinski definition) is 1. The number of hydrogen-bond donors (Lipinski definition) is 0. The molecule has 0 radical (unpaired) electrons. The van der Waals surface area contributed by atoms with E-state index in [1.54, 1.807) is 0 Å². The minimum atomic E-state index is 0.719. The average Bonchev–Trinajstić information content (AvgIpc) is 2.44. The zero-order chi connectivity index (χ0) is 9.42. The molecule has 1 unspecified atom stereocenters. The number of likely N-dealkylation sites (N-methyl/N-ethyl adjacent to an activating group) is 1. The third-order valence-electron chi connectivity index (χ3n) is 3.10. The van der Waals surface area contributed by atoms with E-state index in [0.717, 1.165) is 6.04 Å². The zero-order valence-corrected chi connectivity index (χ0v) is 8.67. The molecule has 1 aromatic rings. The summed E-state index contributed by atoms with van der Waals surface area (Å²) >= 11 is 0. The van der Waals surface area contributed by atoms with E-state index in [4.69, 9.17) is 0 Å². The van der Waals surface area contributed by atoms with Gasteiger partial charge in [0.2, 0.25) is 0 Å². The Morgan fingerprint density at radius 1 is 1.46 bits per heavy atom. The molecule has 0 N–H and O–H groups in total. The molecule has 70 valence electrons. The van der Waals surface area contributed by atoms with Crippen LogP contribution in [-0.4, -0.2) is 13.1 Å². The van der Waals surface area contributed by atoms with Gasteiger partial charge in [-0.3, -0.25) is 0 Å². The molecule has 1 aliphatic rings. The van der Waals surface area contributed by atoms with Crippen molar-refractivity contribution in [1.82, 2.24) is 0 Å². The molecule has 0 bridgehead atoms. The Morgan fingerprint density at radius 3 is 2.92 bits per heavy atom. The second-order valence-corrected chi connectivity index (χ2v) is 4.01. The largest absolute Gasteiger partial charge is 0.371 e. The second kappa shape index (κ2) is 3.06. The predicted molar refractivity (Wildman–Crippen MR) is 57.4 cm³/mol. The zero-order valence-electron chi connectivity index (χ0n) is 8.67. The third kappa shape index (κ3) is 1.32. The lowest BCUT2D eigenvalue weighted by molar-refractivity contribution is 0.643. The monoisotopic (exact) mass is 175 g/mol. The van der Waals surface area contributed by atoms with E-state index in [0.29, 0.717) is 0 Å². The van der Waals surface area contributed by atoms with E-state index in [1.165, 1.54) is 29.7 Å². The van der Waals surface area contributed by atoms with E-state index < -0.39 is 0 Å². The van der Waals surface area contributed by atoms with E-state index in [9.17, 15) is 0 Å². The molecular weight excluding hydrogens is 158 g/mol. The van der Waals surface area contributed by atoms with E-state index >= 15 is 0 Å². The second-order valence-electron chi connectivity index (χ2n) is 4.01. The van der Waals surface area contributed by atoms with Crippen molar-refractivity contribution >= 4 is 5.69 Å². The first-order valence-corrected chi connectivity index (χ1v) is 5.04. The van der Waals surface area contributed by atoms with E-state index in [1.807, 2.05) is 0 Å². The average molecular weight is 175 g/mol. The molecule has 13 heavy (non-hydrogen) atoms. The van der Waals surface area contributed by atoms with Gasteiger partial charge in [0.05, 0.1) is 0 Å². The van der Waals surface area contributed by atoms with Crippen LogP contribution < -0.4 is 4.90 Å². The summed E-state index contributed by atoms with van der Waals surface area (Å²) in [6.45, 7) is 4.42. The van der Waals surface area contributed by atoms with Crippen LogP contribution in [0.2, 0.25) is 0 Å². The van der Waals surface area contributed by atoms with Crippen molar-refractivity contribution in [3.63, 3.8) is 0 Å². The fourth-order valence-corrected chi connectivity index (χ4v) is 2.18. The molecule has 1 heteroatoms. The smallest absolute Gasteiger partial charge is 0.0402 e. The minimum Gasteiger partial charge on any atom is -0.371 e. The van der Waals surface area contributed by atoms with Crippen LogP contribution in [0, 0.1) is 6.92 Å². The normalized spacial score (nSPS) is 20.5. The Balaban J connectivity index is 2.39. The van der Waals surface area contributed by atoms with Gasteiger partial charge >= 0.3 is 0 Å². The third-order valence-corrected chi connectivity index (χ3v) is 3.10. The van der Waals surface area contributed by atoms with Crippen molar-refractivity contribution in [2.24, 2.45) is 0 Å². The van der Waals surface area contributed by atoms with Crippen LogP contribution in [-0.2, 0) is 6.42 Å². The quantitative estimate of drug-likeness (QED) is 0.634. The molecular formula is C12H17N. The summed E-state index contributed by atoms with van der Waals surface area (Å²) in [4.78, 5) is 2.42. The molecule has 1 nitrogen and oxygen atoms in total. The number of rotatable bonds is 1. The van der Waals surface area contributed by atoms with Crippen LogP contribution in [0.3, 0.4) is 0 Å². The highest BCUT2D eigenvalue weighted by molar-refractivity contribution is 5.60. The first kappa shape index (κ1) is 8.61. The molecule has 0 fully saturated rings. The summed E-state index contributed by atoms with van der Waals surface area (Å²) in [5.41, 5.74) is 4.31. The van der Waals surface area contributed by atoms with Crippen LogP contribution in [0.4, 0.5) is 5.69 Å². The Labute approximate surface area is 80.4 Å². The molecule has 0 spiro atoms. The van der Waals surface area contributed by atoms with Crippen molar-refractivity contribution in [2.45, 2.75) is 32.7 Å². The maximum absolute atomic E-state index is 2.42. The maximum Gasteiger partial charge on any atom is 0.0402 e. The molecule has 1 heterocycles. The van der Waals surface area contributed by atoms with Gasteiger partial charge in [0.15, 0.2) is 0 Å². The molecule has 0 aromatic heterocycles. The highest BCUT2D eigenvalue weighted by atomic mass is 15.2. The molecule has 0 saturated carbocycles. The Hall–Kier alpha value is -0.980. The van der Waals surface area contributed by atoms with Crippen LogP contribution in [0.15, 0.2) is 18.2 Å². The SMILES string of the molecule is CCC1Cc2ccc(C)cc2N1C. The lowest BCUT2D eigenvalue weighted by atomic mass is 10.1. The number of anilines is 1. The lowest BCUT2D eigenvalue weighted by Gasteiger charge is -2.21. The van der Waals surface area contributed by atoms with Gasteiger partial charge in [-0.15, -0.1) is 0 Å². The molecule has 1 aromatic carbocycles.